The normalized spacial score (nSPS) is 23.2. The second kappa shape index (κ2) is 6.54. The van der Waals surface area contributed by atoms with Crippen LogP contribution in [-0.2, 0) is 10.0 Å². The number of nitrogens with one attached hydrogen (secondary N) is 1. The van der Waals surface area contributed by atoms with Gasteiger partial charge in [0, 0.05) is 11.3 Å². The van der Waals surface area contributed by atoms with Crippen molar-refractivity contribution in [1.82, 2.24) is 4.72 Å². The van der Waals surface area contributed by atoms with Crippen LogP contribution in [0, 0.1) is 12.7 Å². The van der Waals surface area contributed by atoms with Crippen molar-refractivity contribution in [3.05, 3.63) is 23.5 Å². The molecule has 1 saturated carbocycles. The fourth-order valence-corrected chi connectivity index (χ4v) is 5.08. The molecule has 1 aliphatic rings. The summed E-state index contributed by atoms with van der Waals surface area (Å²) in [7, 11) is -3.67. The smallest absolute Gasteiger partial charge is 0.241 e. The standard InChI is InChI=1S/C14H21FN2O2S2/c1-9-6-12(15)13(16)8-14(9)21(18,19)17-10-4-3-5-11(7-10)20-2/h6,8,10-11,17H,3-5,7,16H2,1-2H3. The topological polar surface area (TPSA) is 72.2 Å². The maximum atomic E-state index is 13.4. The van der Waals surface area contributed by atoms with E-state index in [1.54, 1.807) is 18.7 Å². The zero-order valence-corrected chi connectivity index (χ0v) is 13.9. The number of benzene rings is 1. The second-order valence-corrected chi connectivity index (χ2v) is 8.30. The van der Waals surface area contributed by atoms with E-state index in [9.17, 15) is 12.8 Å². The number of hydrogen-bond acceptors (Lipinski definition) is 4. The Bertz CT molecular complexity index is 620. The molecular formula is C14H21FN2O2S2. The molecule has 0 aromatic heterocycles. The zero-order chi connectivity index (χ0) is 15.6. The lowest BCUT2D eigenvalue weighted by molar-refractivity contribution is 0.420. The summed E-state index contributed by atoms with van der Waals surface area (Å²) >= 11 is 1.77. The minimum atomic E-state index is -3.67. The monoisotopic (exact) mass is 332 g/mol. The predicted molar refractivity (Wildman–Crippen MR) is 85.4 cm³/mol. The molecule has 4 nitrogen and oxygen atoms in total. The first kappa shape index (κ1) is 16.6. The number of sulfonamides is 1. The number of aryl methyl sites for hydroxylation is 1. The lowest BCUT2D eigenvalue weighted by atomic mass is 9.96. The highest BCUT2D eigenvalue weighted by Gasteiger charge is 2.27. The van der Waals surface area contributed by atoms with Crippen molar-refractivity contribution >= 4 is 27.5 Å². The van der Waals surface area contributed by atoms with Crippen molar-refractivity contribution in [2.75, 3.05) is 12.0 Å². The molecule has 0 radical (unpaired) electrons. The van der Waals surface area contributed by atoms with Gasteiger partial charge in [0.05, 0.1) is 10.6 Å². The summed E-state index contributed by atoms with van der Waals surface area (Å²) in [5.74, 6) is -0.591. The Kier molecular flexibility index (Phi) is 5.16. The first-order chi connectivity index (χ1) is 9.83. The molecular weight excluding hydrogens is 311 g/mol. The number of thioether (sulfide) groups is 1. The van der Waals surface area contributed by atoms with Crippen molar-refractivity contribution < 1.29 is 12.8 Å². The van der Waals surface area contributed by atoms with E-state index in [0.29, 0.717) is 10.8 Å². The van der Waals surface area contributed by atoms with Crippen LogP contribution < -0.4 is 10.5 Å². The zero-order valence-electron chi connectivity index (χ0n) is 12.2. The van der Waals surface area contributed by atoms with Crippen molar-refractivity contribution in [2.24, 2.45) is 0 Å². The van der Waals surface area contributed by atoms with Crippen LogP contribution in [0.5, 0.6) is 0 Å². The molecule has 7 heteroatoms. The second-order valence-electron chi connectivity index (χ2n) is 5.48. The third kappa shape index (κ3) is 3.90. The molecule has 1 aliphatic carbocycles. The summed E-state index contributed by atoms with van der Waals surface area (Å²) in [4.78, 5) is 0.0627. The van der Waals surface area contributed by atoms with Crippen molar-refractivity contribution in [1.29, 1.82) is 0 Å². The van der Waals surface area contributed by atoms with Crippen LogP contribution in [0.4, 0.5) is 10.1 Å². The van der Waals surface area contributed by atoms with Gasteiger partial charge in [-0.3, -0.25) is 0 Å². The summed E-state index contributed by atoms with van der Waals surface area (Å²) in [5.41, 5.74) is 5.71. The number of halogens is 1. The summed E-state index contributed by atoms with van der Waals surface area (Å²) < 4.78 is 41.1. The van der Waals surface area contributed by atoms with Crippen LogP contribution in [0.25, 0.3) is 0 Å². The quantitative estimate of drug-likeness (QED) is 0.832. The first-order valence-electron chi connectivity index (χ1n) is 6.94. The van der Waals surface area contributed by atoms with Gasteiger partial charge in [0.1, 0.15) is 5.82 Å². The summed E-state index contributed by atoms with van der Waals surface area (Å²) in [5, 5.41) is 0.492. The number of anilines is 1. The molecule has 1 fully saturated rings. The lowest BCUT2D eigenvalue weighted by Crippen LogP contribution is -2.39. The molecule has 0 amide bonds. The first-order valence-corrected chi connectivity index (χ1v) is 9.71. The van der Waals surface area contributed by atoms with Crippen LogP contribution in [0.15, 0.2) is 17.0 Å². The van der Waals surface area contributed by atoms with Gasteiger partial charge in [-0.1, -0.05) is 6.42 Å². The fraction of sp³-hybridized carbons (Fsp3) is 0.571. The Hall–Kier alpha value is -0.790. The third-order valence-corrected chi connectivity index (χ3v) is 6.62. The van der Waals surface area contributed by atoms with Gasteiger partial charge < -0.3 is 5.73 Å². The number of nitrogens with two attached hydrogens (primary N) is 1. The SMILES string of the molecule is CSC1CCCC(NS(=O)(=O)c2cc(N)c(F)cc2C)C1. The molecule has 0 saturated heterocycles. The molecule has 1 aromatic carbocycles. The molecule has 2 rings (SSSR count). The van der Waals surface area contributed by atoms with E-state index in [1.807, 2.05) is 6.26 Å². The highest BCUT2D eigenvalue weighted by molar-refractivity contribution is 7.99. The van der Waals surface area contributed by atoms with E-state index >= 15 is 0 Å². The summed E-state index contributed by atoms with van der Waals surface area (Å²) in [6.45, 7) is 1.57. The predicted octanol–water partition coefficient (Wildman–Crippen LogP) is 2.67. The average Bonchev–Trinajstić information content (AvgIpc) is 2.42. The Morgan fingerprint density at radius 2 is 2.10 bits per heavy atom. The van der Waals surface area contributed by atoms with Gasteiger partial charge in [-0.25, -0.2) is 17.5 Å². The van der Waals surface area contributed by atoms with Crippen LogP contribution in [-0.4, -0.2) is 26.0 Å². The van der Waals surface area contributed by atoms with Crippen molar-refractivity contribution in [3.63, 3.8) is 0 Å². The molecule has 0 heterocycles. The van der Waals surface area contributed by atoms with Gasteiger partial charge in [0.15, 0.2) is 0 Å². The van der Waals surface area contributed by atoms with Gasteiger partial charge in [0.2, 0.25) is 10.0 Å². The largest absolute Gasteiger partial charge is 0.396 e. The number of rotatable bonds is 4. The van der Waals surface area contributed by atoms with E-state index in [2.05, 4.69) is 4.72 Å². The highest BCUT2D eigenvalue weighted by atomic mass is 32.2. The average molecular weight is 332 g/mol. The number of nitrogen functional groups attached to an aromatic ring is 1. The van der Waals surface area contributed by atoms with E-state index in [0.717, 1.165) is 31.7 Å². The Morgan fingerprint density at radius 3 is 2.76 bits per heavy atom. The summed E-state index contributed by atoms with van der Waals surface area (Å²) in [6.07, 6.45) is 5.86. The van der Waals surface area contributed by atoms with E-state index < -0.39 is 15.8 Å². The third-order valence-electron chi connectivity index (χ3n) is 3.87. The molecule has 3 N–H and O–H groups in total. The maximum Gasteiger partial charge on any atom is 0.241 e. The summed E-state index contributed by atoms with van der Waals surface area (Å²) in [6, 6.07) is 2.30. The molecule has 0 aliphatic heterocycles. The Balaban J connectivity index is 2.20. The van der Waals surface area contributed by atoms with E-state index in [4.69, 9.17) is 5.73 Å². The number of hydrogen-bond donors (Lipinski definition) is 2. The maximum absolute atomic E-state index is 13.4. The molecule has 1 aromatic rings. The van der Waals surface area contributed by atoms with Crippen LogP contribution in [0.3, 0.4) is 0 Å². The minimum Gasteiger partial charge on any atom is -0.396 e. The Labute approximate surface area is 129 Å². The molecule has 2 atom stereocenters. The van der Waals surface area contributed by atoms with E-state index in [-0.39, 0.29) is 16.6 Å². The van der Waals surface area contributed by atoms with Crippen LogP contribution >= 0.6 is 11.8 Å². The van der Waals surface area contributed by atoms with E-state index in [1.165, 1.54) is 6.07 Å². The van der Waals surface area contributed by atoms with Crippen molar-refractivity contribution in [3.8, 4) is 0 Å². The fourth-order valence-electron chi connectivity index (χ4n) is 2.71. The minimum absolute atomic E-state index is 0.0627. The molecule has 2 unspecified atom stereocenters. The van der Waals surface area contributed by atoms with Gasteiger partial charge in [-0.15, -0.1) is 0 Å². The van der Waals surface area contributed by atoms with Gasteiger partial charge in [-0.2, -0.15) is 11.8 Å². The van der Waals surface area contributed by atoms with Gasteiger partial charge >= 0.3 is 0 Å². The van der Waals surface area contributed by atoms with Gasteiger partial charge in [-0.05, 0) is 50.1 Å². The van der Waals surface area contributed by atoms with Crippen LogP contribution in [0.2, 0.25) is 0 Å². The van der Waals surface area contributed by atoms with Crippen LogP contribution in [0.1, 0.15) is 31.2 Å². The Morgan fingerprint density at radius 1 is 1.38 bits per heavy atom. The lowest BCUT2D eigenvalue weighted by Gasteiger charge is -2.28. The highest BCUT2D eigenvalue weighted by Crippen LogP contribution is 2.28. The van der Waals surface area contributed by atoms with Gasteiger partial charge in [0.25, 0.3) is 0 Å². The van der Waals surface area contributed by atoms with Crippen molar-refractivity contribution in [2.45, 2.75) is 48.8 Å². The molecule has 0 spiro atoms. The molecule has 118 valence electrons. The molecule has 0 bridgehead atoms. The molecule has 21 heavy (non-hydrogen) atoms.